The van der Waals surface area contributed by atoms with Crippen molar-refractivity contribution in [1.29, 1.82) is 0 Å². The van der Waals surface area contributed by atoms with E-state index in [2.05, 4.69) is 5.32 Å². The summed E-state index contributed by atoms with van der Waals surface area (Å²) < 4.78 is 33.1. The molecule has 1 aliphatic heterocycles. The fraction of sp³-hybridized carbons (Fsp3) is 0.538. The molecule has 0 saturated carbocycles. The Balaban J connectivity index is 1.97. The number of hydrogen-bond acceptors (Lipinski definition) is 5. The van der Waals surface area contributed by atoms with Gasteiger partial charge in [0.15, 0.2) is 21.3 Å². The van der Waals surface area contributed by atoms with E-state index >= 15 is 0 Å². The van der Waals surface area contributed by atoms with E-state index < -0.39 is 9.84 Å². The van der Waals surface area contributed by atoms with Gasteiger partial charge in [0, 0.05) is 12.6 Å². The van der Waals surface area contributed by atoms with Crippen LogP contribution in [0.3, 0.4) is 0 Å². The van der Waals surface area contributed by atoms with Crippen LogP contribution < -0.4 is 14.8 Å². The summed E-state index contributed by atoms with van der Waals surface area (Å²) in [7, 11) is 0.362. The molecule has 0 spiro atoms. The lowest BCUT2D eigenvalue weighted by Gasteiger charge is -2.13. The first-order valence-electron chi connectivity index (χ1n) is 6.19. The summed E-state index contributed by atoms with van der Waals surface area (Å²) in [4.78, 5) is 0. The van der Waals surface area contributed by atoms with Crippen molar-refractivity contribution in [2.24, 2.45) is 0 Å². The highest BCUT2D eigenvalue weighted by Gasteiger charge is 2.27. The molecule has 0 bridgehead atoms. The maximum absolute atomic E-state index is 11.4. The van der Waals surface area contributed by atoms with Crippen molar-refractivity contribution in [3.8, 4) is 11.5 Å². The fourth-order valence-electron chi connectivity index (χ4n) is 2.21. The van der Waals surface area contributed by atoms with Crippen LogP contribution in [0, 0.1) is 0 Å². The summed E-state index contributed by atoms with van der Waals surface area (Å²) in [5, 5.41) is 3.27. The van der Waals surface area contributed by atoms with Gasteiger partial charge in [-0.15, -0.1) is 0 Å². The molecule has 0 radical (unpaired) electrons. The molecule has 0 amide bonds. The molecule has 0 aliphatic carbocycles. The fourth-order valence-corrected chi connectivity index (χ4v) is 3.92. The number of nitrogens with one attached hydrogen (secondary N) is 1. The van der Waals surface area contributed by atoms with E-state index in [1.54, 1.807) is 14.2 Å². The molecular weight excluding hydrogens is 266 g/mol. The first kappa shape index (κ1) is 14.1. The predicted octanol–water partition coefficient (Wildman–Crippen LogP) is 0.980. The summed E-state index contributed by atoms with van der Waals surface area (Å²) in [5.74, 6) is 1.90. The Morgan fingerprint density at radius 3 is 2.58 bits per heavy atom. The molecule has 1 heterocycles. The Bertz CT molecular complexity index is 542. The van der Waals surface area contributed by atoms with Crippen molar-refractivity contribution in [3.63, 3.8) is 0 Å². The van der Waals surface area contributed by atoms with E-state index in [9.17, 15) is 8.42 Å². The predicted molar refractivity (Wildman–Crippen MR) is 73.4 cm³/mol. The molecule has 0 aromatic heterocycles. The third kappa shape index (κ3) is 3.61. The maximum Gasteiger partial charge on any atom is 0.161 e. The molecule has 1 N–H and O–H groups in total. The summed E-state index contributed by atoms with van der Waals surface area (Å²) in [5.41, 5.74) is 1.04. The topological polar surface area (TPSA) is 64.6 Å². The normalized spacial score (nSPS) is 21.3. The average Bonchev–Trinajstić information content (AvgIpc) is 2.75. The van der Waals surface area contributed by atoms with E-state index in [-0.39, 0.29) is 17.5 Å². The highest BCUT2D eigenvalue weighted by atomic mass is 32.2. The van der Waals surface area contributed by atoms with Crippen molar-refractivity contribution >= 4 is 9.84 Å². The second-order valence-electron chi connectivity index (χ2n) is 4.67. The van der Waals surface area contributed by atoms with Gasteiger partial charge < -0.3 is 14.8 Å². The Morgan fingerprint density at radius 1 is 1.26 bits per heavy atom. The molecule has 5 nitrogen and oxygen atoms in total. The zero-order valence-corrected chi connectivity index (χ0v) is 12.0. The van der Waals surface area contributed by atoms with E-state index in [0.717, 1.165) is 5.56 Å². The van der Waals surface area contributed by atoms with Crippen LogP contribution in [0.15, 0.2) is 18.2 Å². The van der Waals surface area contributed by atoms with Gasteiger partial charge in [0.1, 0.15) is 0 Å². The molecule has 6 heteroatoms. The Hall–Kier alpha value is -1.27. The van der Waals surface area contributed by atoms with Gasteiger partial charge in [-0.2, -0.15) is 0 Å². The van der Waals surface area contributed by atoms with Crippen molar-refractivity contribution in [3.05, 3.63) is 23.8 Å². The molecule has 1 aromatic rings. The molecule has 2 rings (SSSR count). The highest BCUT2D eigenvalue weighted by Crippen LogP contribution is 2.27. The lowest BCUT2D eigenvalue weighted by Crippen LogP contribution is -2.29. The third-order valence-electron chi connectivity index (χ3n) is 3.28. The number of ether oxygens (including phenoxy) is 2. The third-order valence-corrected chi connectivity index (χ3v) is 5.04. The second kappa shape index (κ2) is 5.79. The van der Waals surface area contributed by atoms with E-state index in [1.165, 1.54) is 0 Å². The number of hydrogen-bond donors (Lipinski definition) is 1. The van der Waals surface area contributed by atoms with Crippen molar-refractivity contribution in [2.45, 2.75) is 19.0 Å². The van der Waals surface area contributed by atoms with Gasteiger partial charge in [0.25, 0.3) is 0 Å². The van der Waals surface area contributed by atoms with Gasteiger partial charge in [-0.3, -0.25) is 0 Å². The molecule has 19 heavy (non-hydrogen) atoms. The minimum absolute atomic E-state index is 0.0538. The summed E-state index contributed by atoms with van der Waals surface area (Å²) >= 11 is 0. The molecule has 1 atom stereocenters. The number of rotatable bonds is 5. The molecule has 1 fully saturated rings. The standard InChI is InChI=1S/C13H19NO4S/c1-17-12-4-3-10(7-13(12)18-2)8-14-11-5-6-19(15,16)9-11/h3-4,7,11,14H,5-6,8-9H2,1-2H3/t11-/m0/s1. The van der Waals surface area contributed by atoms with Crippen LogP contribution in [0.25, 0.3) is 0 Å². The van der Waals surface area contributed by atoms with Crippen LogP contribution >= 0.6 is 0 Å². The van der Waals surface area contributed by atoms with Crippen LogP contribution in [0.2, 0.25) is 0 Å². The SMILES string of the molecule is COc1ccc(CN[C@H]2CCS(=O)(=O)C2)cc1OC. The van der Waals surface area contributed by atoms with Crippen molar-refractivity contribution in [2.75, 3.05) is 25.7 Å². The monoisotopic (exact) mass is 285 g/mol. The molecule has 1 aromatic carbocycles. The van der Waals surface area contributed by atoms with Crippen molar-refractivity contribution in [1.82, 2.24) is 5.32 Å². The summed E-state index contributed by atoms with van der Waals surface area (Å²) in [6.07, 6.45) is 0.690. The van der Waals surface area contributed by atoms with Crippen molar-refractivity contribution < 1.29 is 17.9 Å². The van der Waals surface area contributed by atoms with Crippen LogP contribution in [-0.4, -0.2) is 40.2 Å². The van der Waals surface area contributed by atoms with Crippen LogP contribution in [0.5, 0.6) is 11.5 Å². The average molecular weight is 285 g/mol. The number of benzene rings is 1. The molecular formula is C13H19NO4S. The van der Waals surface area contributed by atoms with Gasteiger partial charge in [-0.05, 0) is 24.1 Å². The minimum Gasteiger partial charge on any atom is -0.493 e. The van der Waals surface area contributed by atoms with Gasteiger partial charge in [-0.1, -0.05) is 6.07 Å². The number of methoxy groups -OCH3 is 2. The molecule has 0 unspecified atom stereocenters. The van der Waals surface area contributed by atoms with E-state index in [4.69, 9.17) is 9.47 Å². The smallest absolute Gasteiger partial charge is 0.161 e. The minimum atomic E-state index is -2.83. The lowest BCUT2D eigenvalue weighted by atomic mass is 10.2. The zero-order chi connectivity index (χ0) is 13.9. The molecule has 1 saturated heterocycles. The lowest BCUT2D eigenvalue weighted by molar-refractivity contribution is 0.354. The zero-order valence-electron chi connectivity index (χ0n) is 11.2. The van der Waals surface area contributed by atoms with Gasteiger partial charge in [0.05, 0.1) is 25.7 Å². The first-order chi connectivity index (χ1) is 9.04. The summed E-state index contributed by atoms with van der Waals surface area (Å²) in [6.45, 7) is 0.626. The van der Waals surface area contributed by atoms with Crippen LogP contribution in [0.1, 0.15) is 12.0 Å². The van der Waals surface area contributed by atoms with Gasteiger partial charge >= 0.3 is 0 Å². The van der Waals surface area contributed by atoms with Gasteiger partial charge in [0.2, 0.25) is 0 Å². The summed E-state index contributed by atoms with van der Waals surface area (Å²) in [6, 6.07) is 5.74. The Morgan fingerprint density at radius 2 is 2.00 bits per heavy atom. The quantitative estimate of drug-likeness (QED) is 0.873. The Labute approximate surface area is 113 Å². The maximum atomic E-state index is 11.4. The van der Waals surface area contributed by atoms with Crippen LogP contribution in [-0.2, 0) is 16.4 Å². The van der Waals surface area contributed by atoms with Crippen LogP contribution in [0.4, 0.5) is 0 Å². The second-order valence-corrected chi connectivity index (χ2v) is 6.90. The Kier molecular flexibility index (Phi) is 4.31. The van der Waals surface area contributed by atoms with E-state index in [1.807, 2.05) is 18.2 Å². The van der Waals surface area contributed by atoms with E-state index in [0.29, 0.717) is 24.5 Å². The first-order valence-corrected chi connectivity index (χ1v) is 8.01. The highest BCUT2D eigenvalue weighted by molar-refractivity contribution is 7.91. The molecule has 1 aliphatic rings. The van der Waals surface area contributed by atoms with Gasteiger partial charge in [-0.25, -0.2) is 8.42 Å². The molecule has 106 valence electrons. The largest absolute Gasteiger partial charge is 0.493 e. The number of sulfone groups is 1.